The van der Waals surface area contributed by atoms with Gasteiger partial charge >= 0.3 is 5.97 Å². The quantitative estimate of drug-likeness (QED) is 0.762. The summed E-state index contributed by atoms with van der Waals surface area (Å²) in [4.78, 5) is 14.5. The predicted molar refractivity (Wildman–Crippen MR) is 56.2 cm³/mol. The third-order valence-corrected chi connectivity index (χ3v) is 2.29. The number of carbonyl (C=O) groups is 1. The summed E-state index contributed by atoms with van der Waals surface area (Å²) in [7, 11) is 2.93. The van der Waals surface area contributed by atoms with Gasteiger partial charge in [-0.2, -0.15) is 0 Å². The molecule has 0 amide bonds. The topological polar surface area (TPSA) is 51.3 Å². The number of H-pyrrole nitrogens is 1. The van der Waals surface area contributed by atoms with Gasteiger partial charge in [0.2, 0.25) is 0 Å². The first-order chi connectivity index (χ1) is 7.27. The van der Waals surface area contributed by atoms with Crippen molar-refractivity contribution >= 4 is 16.9 Å². The minimum absolute atomic E-state index is 0.370. The summed E-state index contributed by atoms with van der Waals surface area (Å²) < 4.78 is 9.88. The van der Waals surface area contributed by atoms with Gasteiger partial charge in [0, 0.05) is 6.20 Å². The monoisotopic (exact) mass is 205 g/mol. The second-order valence-corrected chi connectivity index (χ2v) is 3.08. The fourth-order valence-corrected chi connectivity index (χ4v) is 1.59. The Hall–Kier alpha value is -1.97. The van der Waals surface area contributed by atoms with E-state index in [9.17, 15) is 4.79 Å². The van der Waals surface area contributed by atoms with Gasteiger partial charge in [-0.05, 0) is 12.1 Å². The number of hydrogen-bond acceptors (Lipinski definition) is 3. The van der Waals surface area contributed by atoms with Crippen LogP contribution in [-0.4, -0.2) is 25.2 Å². The van der Waals surface area contributed by atoms with Crippen LogP contribution in [0.1, 0.15) is 10.4 Å². The molecule has 0 atom stereocenters. The van der Waals surface area contributed by atoms with Crippen molar-refractivity contribution in [3.05, 3.63) is 30.0 Å². The van der Waals surface area contributed by atoms with E-state index in [1.807, 2.05) is 18.2 Å². The van der Waals surface area contributed by atoms with Crippen LogP contribution in [0.15, 0.2) is 24.4 Å². The number of aromatic nitrogens is 1. The molecule has 0 saturated carbocycles. The average Bonchev–Trinajstić information content (AvgIpc) is 2.71. The molecule has 15 heavy (non-hydrogen) atoms. The molecule has 4 nitrogen and oxygen atoms in total. The third-order valence-electron chi connectivity index (χ3n) is 2.29. The first-order valence-corrected chi connectivity index (χ1v) is 4.50. The predicted octanol–water partition coefficient (Wildman–Crippen LogP) is 1.96. The van der Waals surface area contributed by atoms with Crippen LogP contribution in [0.5, 0.6) is 5.75 Å². The summed E-state index contributed by atoms with van der Waals surface area (Å²) in [6.07, 6.45) is 1.62. The van der Waals surface area contributed by atoms with Crippen LogP contribution < -0.4 is 4.74 Å². The van der Waals surface area contributed by atoms with Crippen LogP contribution in [0.4, 0.5) is 0 Å². The Bertz CT molecular complexity index is 502. The molecule has 0 bridgehead atoms. The molecule has 0 spiro atoms. The second-order valence-electron chi connectivity index (χ2n) is 3.08. The van der Waals surface area contributed by atoms with Crippen LogP contribution in [0.3, 0.4) is 0 Å². The highest BCUT2D eigenvalue weighted by Crippen LogP contribution is 2.28. The number of carbonyl (C=O) groups excluding carboxylic acids is 1. The van der Waals surface area contributed by atoms with Crippen molar-refractivity contribution in [2.75, 3.05) is 14.2 Å². The zero-order valence-corrected chi connectivity index (χ0v) is 8.53. The number of nitrogens with one attached hydrogen (secondary N) is 1. The zero-order chi connectivity index (χ0) is 10.8. The van der Waals surface area contributed by atoms with Crippen molar-refractivity contribution in [3.8, 4) is 5.75 Å². The number of benzene rings is 1. The highest BCUT2D eigenvalue weighted by Gasteiger charge is 2.15. The molecule has 2 rings (SSSR count). The standard InChI is InChI=1S/C11H11NO3/c1-14-9-5-3-4-8-10(9)7(6-12-8)11(13)15-2/h3-6,12H,1-2H3. The van der Waals surface area contributed by atoms with Gasteiger partial charge in [0.25, 0.3) is 0 Å². The summed E-state index contributed by atoms with van der Waals surface area (Å²) in [5.41, 5.74) is 1.35. The molecule has 0 radical (unpaired) electrons. The maximum absolute atomic E-state index is 11.5. The third kappa shape index (κ3) is 1.44. The molecule has 78 valence electrons. The second kappa shape index (κ2) is 3.65. The molecular weight excluding hydrogens is 194 g/mol. The lowest BCUT2D eigenvalue weighted by Crippen LogP contribution is -2.00. The summed E-state index contributed by atoms with van der Waals surface area (Å²) in [6, 6.07) is 5.55. The van der Waals surface area contributed by atoms with Crippen LogP contribution in [0, 0.1) is 0 Å². The first-order valence-electron chi connectivity index (χ1n) is 4.50. The first kappa shape index (κ1) is 9.58. The number of aromatic amines is 1. The Kier molecular flexibility index (Phi) is 2.33. The van der Waals surface area contributed by atoms with E-state index in [0.717, 1.165) is 10.9 Å². The Balaban J connectivity index is 2.71. The van der Waals surface area contributed by atoms with Gasteiger partial charge in [-0.3, -0.25) is 0 Å². The molecule has 2 aromatic rings. The van der Waals surface area contributed by atoms with E-state index < -0.39 is 0 Å². The van der Waals surface area contributed by atoms with Crippen molar-refractivity contribution in [2.45, 2.75) is 0 Å². The van der Waals surface area contributed by atoms with Crippen molar-refractivity contribution in [1.82, 2.24) is 4.98 Å². The van der Waals surface area contributed by atoms with E-state index >= 15 is 0 Å². The average molecular weight is 205 g/mol. The lowest BCUT2D eigenvalue weighted by Gasteiger charge is -2.03. The zero-order valence-electron chi connectivity index (χ0n) is 8.53. The molecule has 0 unspecified atom stereocenters. The minimum atomic E-state index is -0.370. The Morgan fingerprint density at radius 3 is 2.80 bits per heavy atom. The van der Waals surface area contributed by atoms with Crippen molar-refractivity contribution in [2.24, 2.45) is 0 Å². The number of methoxy groups -OCH3 is 2. The summed E-state index contributed by atoms with van der Waals surface area (Å²) >= 11 is 0. The summed E-state index contributed by atoms with van der Waals surface area (Å²) in [5.74, 6) is 0.292. The number of rotatable bonds is 2. The summed E-state index contributed by atoms with van der Waals surface area (Å²) in [6.45, 7) is 0. The van der Waals surface area contributed by atoms with Gasteiger partial charge in [-0.25, -0.2) is 4.79 Å². The SMILES string of the molecule is COC(=O)c1c[nH]c2cccc(OC)c12. The maximum atomic E-state index is 11.5. The molecule has 0 aliphatic heterocycles. The fraction of sp³-hybridized carbons (Fsp3) is 0.182. The fourth-order valence-electron chi connectivity index (χ4n) is 1.59. The molecular formula is C11H11NO3. The normalized spacial score (nSPS) is 10.3. The van der Waals surface area contributed by atoms with E-state index in [-0.39, 0.29) is 5.97 Å². The molecule has 1 heterocycles. The largest absolute Gasteiger partial charge is 0.496 e. The Labute approximate surface area is 86.8 Å². The molecule has 1 N–H and O–H groups in total. The lowest BCUT2D eigenvalue weighted by atomic mass is 10.1. The highest BCUT2D eigenvalue weighted by atomic mass is 16.5. The Morgan fingerprint density at radius 2 is 2.13 bits per heavy atom. The van der Waals surface area contributed by atoms with E-state index in [0.29, 0.717) is 11.3 Å². The number of fused-ring (bicyclic) bond motifs is 1. The van der Waals surface area contributed by atoms with Gasteiger partial charge < -0.3 is 14.5 Å². The molecule has 0 aliphatic carbocycles. The van der Waals surface area contributed by atoms with Gasteiger partial charge in [-0.15, -0.1) is 0 Å². The van der Waals surface area contributed by atoms with Crippen molar-refractivity contribution in [1.29, 1.82) is 0 Å². The number of ether oxygens (including phenoxy) is 2. The lowest BCUT2D eigenvalue weighted by molar-refractivity contribution is 0.0603. The Morgan fingerprint density at radius 1 is 1.33 bits per heavy atom. The van der Waals surface area contributed by atoms with Gasteiger partial charge in [-0.1, -0.05) is 6.07 Å². The highest BCUT2D eigenvalue weighted by molar-refractivity contribution is 6.06. The number of hydrogen-bond donors (Lipinski definition) is 1. The van der Waals surface area contributed by atoms with Crippen LogP contribution >= 0.6 is 0 Å². The van der Waals surface area contributed by atoms with Crippen LogP contribution in [0.2, 0.25) is 0 Å². The van der Waals surface area contributed by atoms with Crippen molar-refractivity contribution < 1.29 is 14.3 Å². The number of esters is 1. The van der Waals surface area contributed by atoms with Gasteiger partial charge in [0.15, 0.2) is 0 Å². The van der Waals surface area contributed by atoms with E-state index in [1.165, 1.54) is 7.11 Å². The van der Waals surface area contributed by atoms with Gasteiger partial charge in [0.05, 0.1) is 30.7 Å². The molecule has 4 heteroatoms. The van der Waals surface area contributed by atoms with E-state index in [1.54, 1.807) is 13.3 Å². The van der Waals surface area contributed by atoms with Crippen molar-refractivity contribution in [3.63, 3.8) is 0 Å². The van der Waals surface area contributed by atoms with Gasteiger partial charge in [0.1, 0.15) is 5.75 Å². The molecule has 0 aliphatic rings. The van der Waals surface area contributed by atoms with Crippen LogP contribution in [-0.2, 0) is 4.74 Å². The molecule has 0 fully saturated rings. The maximum Gasteiger partial charge on any atom is 0.340 e. The minimum Gasteiger partial charge on any atom is -0.496 e. The molecule has 0 saturated heterocycles. The van der Waals surface area contributed by atoms with Crippen LogP contribution in [0.25, 0.3) is 10.9 Å². The van der Waals surface area contributed by atoms with E-state index in [4.69, 9.17) is 4.74 Å². The molecule has 1 aromatic carbocycles. The smallest absolute Gasteiger partial charge is 0.340 e. The molecule has 1 aromatic heterocycles. The summed E-state index contributed by atoms with van der Waals surface area (Å²) in [5, 5.41) is 0.756. The van der Waals surface area contributed by atoms with E-state index in [2.05, 4.69) is 9.72 Å².